The quantitative estimate of drug-likeness (QED) is 0.515. The summed E-state index contributed by atoms with van der Waals surface area (Å²) in [6, 6.07) is 19.6. The van der Waals surface area contributed by atoms with Gasteiger partial charge in [-0.25, -0.2) is 4.98 Å². The summed E-state index contributed by atoms with van der Waals surface area (Å²) < 4.78 is 10.9. The SMILES string of the molecule is COc1cccc(C(=O)Nc2ccc3oc(-c4cccc(Cl)c4)nc3c2)c1. The number of anilines is 1. The van der Waals surface area contributed by atoms with E-state index in [2.05, 4.69) is 10.3 Å². The minimum atomic E-state index is -0.230. The van der Waals surface area contributed by atoms with E-state index in [4.69, 9.17) is 20.8 Å². The van der Waals surface area contributed by atoms with E-state index in [0.29, 0.717) is 39.0 Å². The van der Waals surface area contributed by atoms with Crippen LogP contribution < -0.4 is 10.1 Å². The summed E-state index contributed by atoms with van der Waals surface area (Å²) in [5.74, 6) is 0.872. The Morgan fingerprint density at radius 1 is 1.07 bits per heavy atom. The van der Waals surface area contributed by atoms with Crippen LogP contribution in [0.25, 0.3) is 22.6 Å². The third kappa shape index (κ3) is 3.64. The molecule has 0 bridgehead atoms. The number of methoxy groups -OCH3 is 1. The molecular formula is C21H15ClN2O3. The summed E-state index contributed by atoms with van der Waals surface area (Å²) in [5, 5.41) is 3.47. The number of amides is 1. The number of fused-ring (bicyclic) bond motifs is 1. The number of aromatic nitrogens is 1. The minimum Gasteiger partial charge on any atom is -0.497 e. The number of carbonyl (C=O) groups excluding carboxylic acids is 1. The number of oxazole rings is 1. The summed E-state index contributed by atoms with van der Waals surface area (Å²) in [6.45, 7) is 0. The molecule has 4 aromatic rings. The second-order valence-corrected chi connectivity index (χ2v) is 6.33. The summed E-state index contributed by atoms with van der Waals surface area (Å²) in [7, 11) is 1.56. The van der Waals surface area contributed by atoms with E-state index < -0.39 is 0 Å². The number of carbonyl (C=O) groups is 1. The van der Waals surface area contributed by atoms with Crippen LogP contribution in [0.4, 0.5) is 5.69 Å². The van der Waals surface area contributed by atoms with Gasteiger partial charge in [0.05, 0.1) is 7.11 Å². The van der Waals surface area contributed by atoms with Gasteiger partial charge in [0, 0.05) is 21.8 Å². The third-order valence-electron chi connectivity index (χ3n) is 4.05. The largest absolute Gasteiger partial charge is 0.497 e. The summed E-state index contributed by atoms with van der Waals surface area (Å²) >= 11 is 6.03. The first-order chi connectivity index (χ1) is 13.1. The average Bonchev–Trinajstić information content (AvgIpc) is 3.11. The van der Waals surface area contributed by atoms with Gasteiger partial charge < -0.3 is 14.5 Å². The molecule has 0 saturated heterocycles. The molecule has 0 saturated carbocycles. The van der Waals surface area contributed by atoms with Crippen LogP contribution in [0.2, 0.25) is 5.02 Å². The van der Waals surface area contributed by atoms with Gasteiger partial charge in [0.1, 0.15) is 11.3 Å². The zero-order valence-electron chi connectivity index (χ0n) is 14.4. The number of rotatable bonds is 4. The Balaban J connectivity index is 1.60. The molecule has 0 spiro atoms. The zero-order chi connectivity index (χ0) is 18.8. The van der Waals surface area contributed by atoms with Crippen molar-refractivity contribution in [3.63, 3.8) is 0 Å². The minimum absolute atomic E-state index is 0.230. The second kappa shape index (κ2) is 7.13. The average molecular weight is 379 g/mol. The van der Waals surface area contributed by atoms with Gasteiger partial charge in [-0.05, 0) is 54.6 Å². The van der Waals surface area contributed by atoms with E-state index in [1.807, 2.05) is 12.1 Å². The number of ether oxygens (including phenoxy) is 1. The van der Waals surface area contributed by atoms with Gasteiger partial charge in [0.2, 0.25) is 5.89 Å². The van der Waals surface area contributed by atoms with Crippen molar-refractivity contribution < 1.29 is 13.9 Å². The number of halogens is 1. The molecule has 6 heteroatoms. The van der Waals surface area contributed by atoms with E-state index in [1.165, 1.54) is 0 Å². The fraction of sp³-hybridized carbons (Fsp3) is 0.0476. The van der Waals surface area contributed by atoms with Crippen LogP contribution in [0.3, 0.4) is 0 Å². The lowest BCUT2D eigenvalue weighted by Crippen LogP contribution is -2.11. The lowest BCUT2D eigenvalue weighted by molar-refractivity contribution is 0.102. The molecular weight excluding hydrogens is 364 g/mol. The molecule has 134 valence electrons. The van der Waals surface area contributed by atoms with Gasteiger partial charge in [0.25, 0.3) is 5.91 Å². The first-order valence-electron chi connectivity index (χ1n) is 8.24. The number of nitrogens with one attached hydrogen (secondary N) is 1. The normalized spacial score (nSPS) is 10.7. The molecule has 0 fully saturated rings. The van der Waals surface area contributed by atoms with Crippen molar-refractivity contribution in [1.82, 2.24) is 4.98 Å². The molecule has 27 heavy (non-hydrogen) atoms. The van der Waals surface area contributed by atoms with Crippen molar-refractivity contribution in [3.8, 4) is 17.2 Å². The Morgan fingerprint density at radius 2 is 1.93 bits per heavy atom. The van der Waals surface area contributed by atoms with Crippen LogP contribution >= 0.6 is 11.6 Å². The highest BCUT2D eigenvalue weighted by Gasteiger charge is 2.11. The Morgan fingerprint density at radius 3 is 2.74 bits per heavy atom. The monoisotopic (exact) mass is 378 g/mol. The molecule has 1 amide bonds. The fourth-order valence-electron chi connectivity index (χ4n) is 2.72. The molecule has 5 nitrogen and oxygen atoms in total. The standard InChI is InChI=1S/C21H15ClN2O3/c1-26-17-7-3-4-13(11-17)20(25)23-16-8-9-19-18(12-16)24-21(27-19)14-5-2-6-15(22)10-14/h2-12H,1H3,(H,23,25). The highest BCUT2D eigenvalue weighted by molar-refractivity contribution is 6.30. The van der Waals surface area contributed by atoms with Crippen LogP contribution in [0.5, 0.6) is 5.75 Å². The first kappa shape index (κ1) is 17.1. The summed E-state index contributed by atoms with van der Waals surface area (Å²) in [6.07, 6.45) is 0. The molecule has 1 heterocycles. The number of hydrogen-bond donors (Lipinski definition) is 1. The predicted octanol–water partition coefficient (Wildman–Crippen LogP) is 5.41. The van der Waals surface area contributed by atoms with Gasteiger partial charge in [0.15, 0.2) is 5.58 Å². The summed E-state index contributed by atoms with van der Waals surface area (Å²) in [5.41, 5.74) is 3.20. The molecule has 0 aliphatic carbocycles. The van der Waals surface area contributed by atoms with Crippen LogP contribution in [0.1, 0.15) is 10.4 Å². The van der Waals surface area contributed by atoms with E-state index in [1.54, 1.807) is 61.7 Å². The lowest BCUT2D eigenvalue weighted by Gasteiger charge is -2.06. The maximum Gasteiger partial charge on any atom is 0.255 e. The number of benzene rings is 3. The van der Waals surface area contributed by atoms with Crippen molar-refractivity contribution in [1.29, 1.82) is 0 Å². The van der Waals surface area contributed by atoms with Crippen LogP contribution in [-0.4, -0.2) is 18.0 Å². The highest BCUT2D eigenvalue weighted by Crippen LogP contribution is 2.28. The molecule has 0 unspecified atom stereocenters. The molecule has 0 aliphatic rings. The lowest BCUT2D eigenvalue weighted by atomic mass is 10.2. The predicted molar refractivity (Wildman–Crippen MR) is 105 cm³/mol. The summed E-state index contributed by atoms with van der Waals surface area (Å²) in [4.78, 5) is 17.0. The van der Waals surface area contributed by atoms with E-state index in [0.717, 1.165) is 5.56 Å². The maximum atomic E-state index is 12.5. The van der Waals surface area contributed by atoms with Crippen LogP contribution in [-0.2, 0) is 0 Å². The van der Waals surface area contributed by atoms with Gasteiger partial charge in [-0.2, -0.15) is 0 Å². The van der Waals surface area contributed by atoms with Gasteiger partial charge in [-0.15, -0.1) is 0 Å². The Labute approximate surface area is 160 Å². The zero-order valence-corrected chi connectivity index (χ0v) is 15.2. The Bertz CT molecular complexity index is 1140. The van der Waals surface area contributed by atoms with Crippen molar-refractivity contribution >= 4 is 34.3 Å². The van der Waals surface area contributed by atoms with Crippen LogP contribution in [0.15, 0.2) is 71.1 Å². The number of hydrogen-bond acceptors (Lipinski definition) is 4. The molecule has 3 aromatic carbocycles. The molecule has 1 aromatic heterocycles. The smallest absolute Gasteiger partial charge is 0.255 e. The molecule has 0 aliphatic heterocycles. The van der Waals surface area contributed by atoms with Gasteiger partial charge in [-0.1, -0.05) is 23.7 Å². The van der Waals surface area contributed by atoms with E-state index in [-0.39, 0.29) is 5.91 Å². The Kier molecular flexibility index (Phi) is 4.52. The van der Waals surface area contributed by atoms with Crippen molar-refractivity contribution in [2.24, 2.45) is 0 Å². The van der Waals surface area contributed by atoms with Crippen molar-refractivity contribution in [3.05, 3.63) is 77.3 Å². The topological polar surface area (TPSA) is 64.4 Å². The third-order valence-corrected chi connectivity index (χ3v) is 4.28. The van der Waals surface area contributed by atoms with Gasteiger partial charge in [-0.3, -0.25) is 4.79 Å². The first-order valence-corrected chi connectivity index (χ1v) is 8.62. The van der Waals surface area contributed by atoms with Gasteiger partial charge >= 0.3 is 0 Å². The maximum absolute atomic E-state index is 12.5. The van der Waals surface area contributed by atoms with E-state index in [9.17, 15) is 4.79 Å². The number of nitrogens with zero attached hydrogens (tertiary/aromatic N) is 1. The van der Waals surface area contributed by atoms with Crippen molar-refractivity contribution in [2.45, 2.75) is 0 Å². The molecule has 1 N–H and O–H groups in total. The molecule has 0 radical (unpaired) electrons. The van der Waals surface area contributed by atoms with Crippen molar-refractivity contribution in [2.75, 3.05) is 12.4 Å². The molecule has 0 atom stereocenters. The fourth-order valence-corrected chi connectivity index (χ4v) is 2.91. The highest BCUT2D eigenvalue weighted by atomic mass is 35.5. The Hall–Kier alpha value is -3.31. The molecule has 4 rings (SSSR count). The van der Waals surface area contributed by atoms with Crippen LogP contribution in [0, 0.1) is 0 Å². The second-order valence-electron chi connectivity index (χ2n) is 5.90. The van der Waals surface area contributed by atoms with E-state index >= 15 is 0 Å².